The number of rotatable bonds is 1. The van der Waals surface area contributed by atoms with E-state index in [1.165, 1.54) is 6.92 Å². The predicted octanol–water partition coefficient (Wildman–Crippen LogP) is 3.15. The molecule has 0 aromatic rings. The van der Waals surface area contributed by atoms with Crippen LogP contribution in [0.25, 0.3) is 0 Å². The molecule has 4 aliphatic carbocycles. The monoisotopic (exact) mass is 378 g/mol. The molecule has 0 aliphatic heterocycles. The highest BCUT2D eigenvalue weighted by molar-refractivity contribution is 5.93. The molecule has 3 fully saturated rings. The Morgan fingerprint density at radius 2 is 1.89 bits per heavy atom. The van der Waals surface area contributed by atoms with E-state index in [-0.39, 0.29) is 29.8 Å². The first kappa shape index (κ1) is 19.3. The number of carbonyl (C=O) groups is 2. The summed E-state index contributed by atoms with van der Waals surface area (Å²) in [7, 11) is 0. The van der Waals surface area contributed by atoms with Crippen LogP contribution in [-0.4, -0.2) is 39.2 Å². The van der Waals surface area contributed by atoms with Crippen molar-refractivity contribution >= 4 is 11.6 Å². The highest BCUT2D eigenvalue weighted by Gasteiger charge is 2.74. The van der Waals surface area contributed by atoms with Gasteiger partial charge in [0.05, 0.1) is 6.10 Å². The highest BCUT2D eigenvalue weighted by Crippen LogP contribution is 2.70. The Morgan fingerprint density at radius 1 is 1.22 bits per heavy atom. The third-order valence-electron chi connectivity index (χ3n) is 9.09. The van der Waals surface area contributed by atoms with Gasteiger partial charge in [0.1, 0.15) is 11.3 Å². The number of alkyl halides is 1. The van der Waals surface area contributed by atoms with Crippen LogP contribution in [0.5, 0.6) is 0 Å². The van der Waals surface area contributed by atoms with Crippen molar-refractivity contribution in [2.45, 2.75) is 83.6 Å². The van der Waals surface area contributed by atoms with Gasteiger partial charge in [-0.1, -0.05) is 26.3 Å². The van der Waals surface area contributed by atoms with E-state index in [4.69, 9.17) is 0 Å². The Balaban J connectivity index is 1.82. The van der Waals surface area contributed by atoms with Crippen LogP contribution in [0.15, 0.2) is 11.6 Å². The summed E-state index contributed by atoms with van der Waals surface area (Å²) in [5, 5.41) is 22.3. The molecule has 4 rings (SSSR count). The van der Waals surface area contributed by atoms with E-state index in [0.29, 0.717) is 32.1 Å². The quantitative estimate of drug-likeness (QED) is 0.735. The average Bonchev–Trinajstić information content (AvgIpc) is 2.84. The predicted molar refractivity (Wildman–Crippen MR) is 98.6 cm³/mol. The lowest BCUT2D eigenvalue weighted by atomic mass is 9.43. The van der Waals surface area contributed by atoms with Crippen molar-refractivity contribution in [2.24, 2.45) is 28.6 Å². The molecule has 0 heterocycles. The zero-order valence-electron chi connectivity index (χ0n) is 16.7. The molecule has 5 heteroatoms. The number of hydrogen-bond donors (Lipinski definition) is 2. The minimum Gasteiger partial charge on any atom is -0.390 e. The Bertz CT molecular complexity index is 747. The highest BCUT2D eigenvalue weighted by atomic mass is 19.1. The van der Waals surface area contributed by atoms with E-state index in [1.807, 2.05) is 20.8 Å². The van der Waals surface area contributed by atoms with Crippen molar-refractivity contribution in [1.29, 1.82) is 0 Å². The third-order valence-corrected chi connectivity index (χ3v) is 9.09. The van der Waals surface area contributed by atoms with Gasteiger partial charge in [-0.15, -0.1) is 0 Å². The minimum atomic E-state index is -1.84. The molecule has 0 unspecified atom stereocenters. The first-order chi connectivity index (χ1) is 12.4. The zero-order valence-corrected chi connectivity index (χ0v) is 16.7. The molecule has 27 heavy (non-hydrogen) atoms. The molecule has 0 aromatic carbocycles. The maximum Gasteiger partial charge on any atom is 0.161 e. The van der Waals surface area contributed by atoms with E-state index in [2.05, 4.69) is 0 Å². The van der Waals surface area contributed by atoms with Gasteiger partial charge in [0.2, 0.25) is 0 Å². The molecule has 8 atom stereocenters. The van der Waals surface area contributed by atoms with E-state index in [9.17, 15) is 19.8 Å². The Kier molecular flexibility index (Phi) is 3.93. The van der Waals surface area contributed by atoms with Crippen LogP contribution in [0, 0.1) is 28.6 Å². The lowest BCUT2D eigenvalue weighted by Crippen LogP contribution is -2.69. The normalized spacial score (nSPS) is 54.6. The molecule has 0 aromatic heterocycles. The van der Waals surface area contributed by atoms with Gasteiger partial charge >= 0.3 is 0 Å². The maximum absolute atomic E-state index is 16.9. The molecule has 150 valence electrons. The smallest absolute Gasteiger partial charge is 0.161 e. The maximum atomic E-state index is 16.9. The van der Waals surface area contributed by atoms with Crippen LogP contribution >= 0.6 is 0 Å². The summed E-state index contributed by atoms with van der Waals surface area (Å²) in [5.41, 5.74) is -4.19. The first-order valence-corrected chi connectivity index (χ1v) is 10.3. The zero-order chi connectivity index (χ0) is 20.0. The molecule has 0 bridgehead atoms. The fourth-order valence-electron chi connectivity index (χ4n) is 7.48. The van der Waals surface area contributed by atoms with Crippen molar-refractivity contribution in [3.05, 3.63) is 11.6 Å². The number of Topliss-reactive ketones (excluding diaryl/α,β-unsaturated/α-hetero) is 1. The molecular formula is C22H31FO4. The first-order valence-electron chi connectivity index (χ1n) is 10.3. The molecule has 4 nitrogen and oxygen atoms in total. The van der Waals surface area contributed by atoms with Crippen LogP contribution in [0.1, 0.15) is 66.2 Å². The second kappa shape index (κ2) is 5.50. The van der Waals surface area contributed by atoms with Gasteiger partial charge in [0.25, 0.3) is 0 Å². The van der Waals surface area contributed by atoms with Gasteiger partial charge in [-0.05, 0) is 57.4 Å². The lowest BCUT2D eigenvalue weighted by Gasteiger charge is -2.63. The van der Waals surface area contributed by atoms with E-state index in [1.54, 1.807) is 6.08 Å². The van der Waals surface area contributed by atoms with Gasteiger partial charge in [-0.2, -0.15) is 0 Å². The number of aliphatic hydroxyl groups excluding tert-OH is 1. The van der Waals surface area contributed by atoms with Gasteiger partial charge in [0.15, 0.2) is 11.6 Å². The second-order valence-corrected chi connectivity index (χ2v) is 10.1. The Hall–Kier alpha value is -1.07. The fraction of sp³-hybridized carbons (Fsp3) is 0.818. The van der Waals surface area contributed by atoms with Crippen LogP contribution in [-0.2, 0) is 9.59 Å². The van der Waals surface area contributed by atoms with Crippen molar-refractivity contribution in [1.82, 2.24) is 0 Å². The van der Waals surface area contributed by atoms with Gasteiger partial charge in [-0.3, -0.25) is 9.59 Å². The topological polar surface area (TPSA) is 74.6 Å². The third kappa shape index (κ3) is 2.05. The van der Waals surface area contributed by atoms with Crippen LogP contribution in [0.4, 0.5) is 4.39 Å². The van der Waals surface area contributed by atoms with E-state index in [0.717, 1.165) is 5.57 Å². The molecule has 0 spiro atoms. The molecular weight excluding hydrogens is 347 g/mol. The SMILES string of the molecule is CC(=O)[C@@]1(O)CC[C@H]2[C@@H]3CCC4=CC(=O)[C@@H](C)C[C@]4(C)[C@@]3(F)[C@@H](O)C[C@@]21C. The van der Waals surface area contributed by atoms with Crippen molar-refractivity contribution in [3.8, 4) is 0 Å². The number of fused-ring (bicyclic) bond motifs is 5. The van der Waals surface area contributed by atoms with E-state index >= 15 is 4.39 Å². The molecule has 0 radical (unpaired) electrons. The minimum absolute atomic E-state index is 0.0477. The number of allylic oxidation sites excluding steroid dienone is 1. The number of carbonyl (C=O) groups excluding carboxylic acids is 2. The van der Waals surface area contributed by atoms with Gasteiger partial charge in [-0.25, -0.2) is 4.39 Å². The number of ketones is 2. The summed E-state index contributed by atoms with van der Waals surface area (Å²) in [5.74, 6) is -1.06. The van der Waals surface area contributed by atoms with Crippen LogP contribution in [0.2, 0.25) is 0 Å². The number of halogens is 1. The standard InChI is InChI=1S/C22H31FO4/c1-12-10-19(3)14(9-17(12)25)5-6-16-15-7-8-21(27,13(2)24)20(15,4)11-18(26)22(16,19)23/h9,12,15-16,18,26-27H,5-8,10-11H2,1-4H3/t12-,15-,16-,18-,19-,20-,21-,22-/m0/s1. The second-order valence-electron chi connectivity index (χ2n) is 10.1. The van der Waals surface area contributed by atoms with Gasteiger partial charge < -0.3 is 10.2 Å². The van der Waals surface area contributed by atoms with Gasteiger partial charge in [0, 0.05) is 22.7 Å². The number of hydrogen-bond acceptors (Lipinski definition) is 4. The average molecular weight is 378 g/mol. The van der Waals surface area contributed by atoms with Crippen LogP contribution in [0.3, 0.4) is 0 Å². The summed E-state index contributed by atoms with van der Waals surface area (Å²) >= 11 is 0. The summed E-state index contributed by atoms with van der Waals surface area (Å²) in [6.07, 6.45) is 2.95. The van der Waals surface area contributed by atoms with Crippen molar-refractivity contribution in [3.63, 3.8) is 0 Å². The summed E-state index contributed by atoms with van der Waals surface area (Å²) in [6, 6.07) is 0. The lowest BCUT2D eigenvalue weighted by molar-refractivity contribution is -0.227. The molecule has 4 aliphatic rings. The molecule has 0 saturated heterocycles. The fourth-order valence-corrected chi connectivity index (χ4v) is 7.48. The largest absolute Gasteiger partial charge is 0.390 e. The summed E-state index contributed by atoms with van der Waals surface area (Å²) in [4.78, 5) is 24.5. The molecule has 3 saturated carbocycles. The molecule has 2 N–H and O–H groups in total. The van der Waals surface area contributed by atoms with Crippen LogP contribution < -0.4 is 0 Å². The van der Waals surface area contributed by atoms with E-state index < -0.39 is 34.1 Å². The summed E-state index contributed by atoms with van der Waals surface area (Å²) < 4.78 is 16.9. The number of aliphatic hydroxyl groups is 2. The molecule has 0 amide bonds. The summed E-state index contributed by atoms with van der Waals surface area (Å²) in [6.45, 7) is 6.95. The Labute approximate surface area is 160 Å². The Morgan fingerprint density at radius 3 is 2.52 bits per heavy atom. The van der Waals surface area contributed by atoms with Crippen molar-refractivity contribution in [2.75, 3.05) is 0 Å². The van der Waals surface area contributed by atoms with Crippen molar-refractivity contribution < 1.29 is 24.2 Å².